The third kappa shape index (κ3) is 3.42. The third-order valence-electron chi connectivity index (χ3n) is 4.45. The minimum atomic E-state index is -0.540. The van der Waals surface area contributed by atoms with Crippen molar-refractivity contribution in [3.63, 3.8) is 0 Å². The molecule has 26 heavy (non-hydrogen) atoms. The van der Waals surface area contributed by atoms with Gasteiger partial charge in [-0.1, -0.05) is 13.8 Å². The number of aliphatic hydroxyl groups is 1. The highest BCUT2D eigenvalue weighted by atomic mass is 32.1. The Balaban J connectivity index is 2.03. The second kappa shape index (κ2) is 7.41. The van der Waals surface area contributed by atoms with Gasteiger partial charge in [-0.25, -0.2) is 0 Å². The molecular weight excluding hydrogens is 348 g/mol. The number of rotatable bonds is 6. The largest absolute Gasteiger partial charge is 0.503 e. The molecule has 1 unspecified atom stereocenters. The molecule has 5 nitrogen and oxygen atoms in total. The zero-order valence-corrected chi connectivity index (χ0v) is 15.9. The Bertz CT molecular complexity index is 855. The van der Waals surface area contributed by atoms with Crippen LogP contribution in [0.5, 0.6) is 0 Å². The smallest absolute Gasteiger partial charge is 0.290 e. The molecule has 1 aliphatic heterocycles. The van der Waals surface area contributed by atoms with E-state index in [1.54, 1.807) is 17.3 Å². The topological polar surface area (TPSA) is 70.5 Å². The van der Waals surface area contributed by atoms with Gasteiger partial charge in [-0.05, 0) is 47.5 Å². The first-order valence-corrected chi connectivity index (χ1v) is 9.48. The summed E-state index contributed by atoms with van der Waals surface area (Å²) < 4.78 is 0. The van der Waals surface area contributed by atoms with Gasteiger partial charge in [0, 0.05) is 30.2 Å². The summed E-state index contributed by atoms with van der Waals surface area (Å²) in [4.78, 5) is 32.1. The molecule has 1 aliphatic rings. The van der Waals surface area contributed by atoms with Gasteiger partial charge < -0.3 is 10.0 Å². The number of hydrogen-bond acceptors (Lipinski definition) is 5. The number of amides is 1. The molecule has 0 aromatic carbocycles. The monoisotopic (exact) mass is 370 g/mol. The lowest BCUT2D eigenvalue weighted by Gasteiger charge is -2.26. The second-order valence-corrected chi connectivity index (χ2v) is 7.89. The van der Waals surface area contributed by atoms with Crippen LogP contribution in [0.15, 0.2) is 47.3 Å². The molecule has 3 rings (SSSR count). The Hall–Kier alpha value is -2.47. The quantitative estimate of drug-likeness (QED) is 0.835. The summed E-state index contributed by atoms with van der Waals surface area (Å²) in [6.45, 7) is 6.17. The average Bonchev–Trinajstić information content (AvgIpc) is 3.11. The van der Waals surface area contributed by atoms with Crippen LogP contribution in [0.1, 0.15) is 42.3 Å². The van der Waals surface area contributed by atoms with Crippen molar-refractivity contribution in [2.75, 3.05) is 0 Å². The van der Waals surface area contributed by atoms with Gasteiger partial charge in [-0.15, -0.1) is 11.3 Å². The first-order valence-electron chi connectivity index (χ1n) is 8.60. The van der Waals surface area contributed by atoms with E-state index in [0.29, 0.717) is 13.0 Å². The molecule has 0 saturated carbocycles. The lowest BCUT2D eigenvalue weighted by atomic mass is 9.94. The number of carbonyl (C=O) groups excluding carboxylic acids is 2. The summed E-state index contributed by atoms with van der Waals surface area (Å²) in [6.07, 6.45) is 3.63. The number of carbonyl (C=O) groups is 2. The van der Waals surface area contributed by atoms with Crippen molar-refractivity contribution in [3.8, 4) is 0 Å². The third-order valence-corrected chi connectivity index (χ3v) is 5.52. The Labute approximate surface area is 157 Å². The highest BCUT2D eigenvalue weighted by molar-refractivity contribution is 7.10. The molecule has 2 aromatic heterocycles. The fraction of sp³-hybridized carbons (Fsp3) is 0.350. The van der Waals surface area contributed by atoms with Crippen molar-refractivity contribution in [2.24, 2.45) is 5.92 Å². The summed E-state index contributed by atoms with van der Waals surface area (Å²) in [7, 11) is 0. The van der Waals surface area contributed by atoms with Gasteiger partial charge in [0.1, 0.15) is 0 Å². The van der Waals surface area contributed by atoms with E-state index < -0.39 is 17.7 Å². The van der Waals surface area contributed by atoms with Gasteiger partial charge in [0.2, 0.25) is 0 Å². The minimum absolute atomic E-state index is 0.150. The Morgan fingerprint density at radius 1 is 1.31 bits per heavy atom. The molecular formula is C20H22N2O3S. The van der Waals surface area contributed by atoms with Crippen molar-refractivity contribution in [2.45, 2.75) is 39.8 Å². The van der Waals surface area contributed by atoms with Gasteiger partial charge in [-0.2, -0.15) is 0 Å². The van der Waals surface area contributed by atoms with Gasteiger partial charge in [0.15, 0.2) is 11.5 Å². The Morgan fingerprint density at radius 3 is 2.58 bits per heavy atom. The molecule has 6 heteroatoms. The SMILES string of the molecule is Cc1ccsc1C1C(C(=O)CC(C)C)=C(O)C(=O)N1Cc1ccncc1. The summed E-state index contributed by atoms with van der Waals surface area (Å²) in [5.41, 5.74) is 2.14. The van der Waals surface area contributed by atoms with E-state index in [2.05, 4.69) is 4.98 Å². The van der Waals surface area contributed by atoms with E-state index in [-0.39, 0.29) is 17.3 Å². The number of aromatic nitrogens is 1. The van der Waals surface area contributed by atoms with Gasteiger partial charge in [-0.3, -0.25) is 14.6 Å². The zero-order chi connectivity index (χ0) is 18.8. The van der Waals surface area contributed by atoms with Crippen LogP contribution in [-0.2, 0) is 16.1 Å². The van der Waals surface area contributed by atoms with E-state index in [4.69, 9.17) is 0 Å². The lowest BCUT2D eigenvalue weighted by Crippen LogP contribution is -2.30. The summed E-state index contributed by atoms with van der Waals surface area (Å²) in [6, 6.07) is 5.09. The molecule has 0 spiro atoms. The molecule has 0 saturated heterocycles. The molecule has 3 heterocycles. The zero-order valence-electron chi connectivity index (χ0n) is 15.1. The van der Waals surface area contributed by atoms with Crippen molar-refractivity contribution < 1.29 is 14.7 Å². The molecule has 1 atom stereocenters. The molecule has 0 bridgehead atoms. The maximum Gasteiger partial charge on any atom is 0.290 e. The van der Waals surface area contributed by atoms with Crippen molar-refractivity contribution in [1.29, 1.82) is 0 Å². The highest BCUT2D eigenvalue weighted by Crippen LogP contribution is 2.42. The van der Waals surface area contributed by atoms with Crippen LogP contribution in [0.4, 0.5) is 0 Å². The predicted octanol–water partition coefficient (Wildman–Crippen LogP) is 3.96. The van der Waals surface area contributed by atoms with E-state index >= 15 is 0 Å². The van der Waals surface area contributed by atoms with E-state index in [1.807, 2.05) is 44.4 Å². The highest BCUT2D eigenvalue weighted by Gasteiger charge is 2.44. The number of pyridine rings is 1. The lowest BCUT2D eigenvalue weighted by molar-refractivity contribution is -0.130. The van der Waals surface area contributed by atoms with E-state index in [1.165, 1.54) is 11.3 Å². The van der Waals surface area contributed by atoms with Gasteiger partial charge >= 0.3 is 0 Å². The van der Waals surface area contributed by atoms with Crippen molar-refractivity contribution in [1.82, 2.24) is 9.88 Å². The normalized spacial score (nSPS) is 17.5. The van der Waals surface area contributed by atoms with E-state index in [9.17, 15) is 14.7 Å². The summed E-state index contributed by atoms with van der Waals surface area (Å²) in [5.74, 6) is -0.924. The molecule has 0 fully saturated rings. The van der Waals surface area contributed by atoms with Crippen LogP contribution in [0, 0.1) is 12.8 Å². The maximum absolute atomic E-state index is 12.8. The number of Topliss-reactive ketones (excluding diaryl/α,β-unsaturated/α-hetero) is 1. The number of ketones is 1. The first kappa shape index (κ1) is 18.3. The number of nitrogens with zero attached hydrogens (tertiary/aromatic N) is 2. The molecule has 0 aliphatic carbocycles. The van der Waals surface area contributed by atoms with Crippen LogP contribution in [0.25, 0.3) is 0 Å². The van der Waals surface area contributed by atoms with Gasteiger partial charge in [0.25, 0.3) is 5.91 Å². The molecule has 1 amide bonds. The van der Waals surface area contributed by atoms with Crippen LogP contribution < -0.4 is 0 Å². The van der Waals surface area contributed by atoms with Crippen molar-refractivity contribution in [3.05, 3.63) is 63.3 Å². The van der Waals surface area contributed by atoms with Crippen LogP contribution in [-0.4, -0.2) is 26.7 Å². The number of hydrogen-bond donors (Lipinski definition) is 1. The standard InChI is InChI=1S/C20H22N2O3S/c1-12(2)10-15(23)16-17(19-13(3)6-9-26-19)22(20(25)18(16)24)11-14-4-7-21-8-5-14/h4-9,12,17,24H,10-11H2,1-3H3. The fourth-order valence-corrected chi connectivity index (χ4v) is 4.25. The molecule has 1 N–H and O–H groups in total. The molecule has 136 valence electrons. The average molecular weight is 370 g/mol. The summed E-state index contributed by atoms with van der Waals surface area (Å²) in [5, 5.41) is 12.5. The minimum Gasteiger partial charge on any atom is -0.503 e. The Morgan fingerprint density at radius 2 is 2.00 bits per heavy atom. The van der Waals surface area contributed by atoms with Crippen LogP contribution >= 0.6 is 11.3 Å². The number of thiophene rings is 1. The maximum atomic E-state index is 12.8. The molecule has 2 aromatic rings. The van der Waals surface area contributed by atoms with Crippen molar-refractivity contribution >= 4 is 23.0 Å². The van der Waals surface area contributed by atoms with E-state index in [0.717, 1.165) is 16.0 Å². The predicted molar refractivity (Wildman–Crippen MR) is 101 cm³/mol. The van der Waals surface area contributed by atoms with Gasteiger partial charge in [0.05, 0.1) is 11.6 Å². The van der Waals surface area contributed by atoms with Crippen LogP contribution in [0.2, 0.25) is 0 Å². The molecule has 0 radical (unpaired) electrons. The summed E-state index contributed by atoms with van der Waals surface area (Å²) >= 11 is 1.50. The first-order chi connectivity index (χ1) is 12.4. The fourth-order valence-electron chi connectivity index (χ4n) is 3.20. The second-order valence-electron chi connectivity index (χ2n) is 6.94. The van der Waals surface area contributed by atoms with Crippen LogP contribution in [0.3, 0.4) is 0 Å². The number of aliphatic hydroxyl groups excluding tert-OH is 1. The Kier molecular flexibility index (Phi) is 5.23. The number of aryl methyl sites for hydroxylation is 1.